The summed E-state index contributed by atoms with van der Waals surface area (Å²) in [7, 11) is 0. The second-order valence-electron chi connectivity index (χ2n) is 2.91. The highest BCUT2D eigenvalue weighted by Crippen LogP contribution is 2.15. The molecule has 1 saturated heterocycles. The van der Waals surface area contributed by atoms with E-state index in [1.165, 1.54) is 0 Å². The standard InChI is InChI=1S/C7H13NO2/c1-5-4-6(7(9)10)2-3-8-5/h5-6,8H,2-4H2,1H3,(H,9,10)/t5-,6-/m0/s1. The molecular formula is C7H13NO2. The van der Waals surface area contributed by atoms with E-state index < -0.39 is 5.97 Å². The van der Waals surface area contributed by atoms with E-state index in [1.54, 1.807) is 0 Å². The SMILES string of the molecule is C[C@H]1C[C@@H](C(=O)O)CCN1. The van der Waals surface area contributed by atoms with Crippen molar-refractivity contribution in [1.82, 2.24) is 5.32 Å². The lowest BCUT2D eigenvalue weighted by Gasteiger charge is -2.24. The number of carboxylic acids is 1. The van der Waals surface area contributed by atoms with E-state index in [0.717, 1.165) is 19.4 Å². The molecule has 1 fully saturated rings. The van der Waals surface area contributed by atoms with Gasteiger partial charge >= 0.3 is 5.97 Å². The monoisotopic (exact) mass is 143 g/mol. The van der Waals surface area contributed by atoms with E-state index >= 15 is 0 Å². The first-order chi connectivity index (χ1) is 4.70. The molecule has 3 nitrogen and oxygen atoms in total. The Balaban J connectivity index is 2.39. The van der Waals surface area contributed by atoms with Gasteiger partial charge in [0, 0.05) is 6.04 Å². The van der Waals surface area contributed by atoms with Gasteiger partial charge in [0.1, 0.15) is 0 Å². The van der Waals surface area contributed by atoms with Gasteiger partial charge in [0.2, 0.25) is 0 Å². The Kier molecular flexibility index (Phi) is 2.27. The Morgan fingerprint density at radius 3 is 2.80 bits per heavy atom. The molecule has 1 aliphatic heterocycles. The summed E-state index contributed by atoms with van der Waals surface area (Å²) in [6.07, 6.45) is 1.55. The number of piperidine rings is 1. The fourth-order valence-electron chi connectivity index (χ4n) is 1.36. The molecule has 0 aliphatic carbocycles. The Hall–Kier alpha value is -0.570. The molecule has 2 atom stereocenters. The van der Waals surface area contributed by atoms with Gasteiger partial charge in [-0.05, 0) is 26.3 Å². The first-order valence-electron chi connectivity index (χ1n) is 3.66. The van der Waals surface area contributed by atoms with Crippen molar-refractivity contribution in [3.8, 4) is 0 Å². The molecule has 0 amide bonds. The summed E-state index contributed by atoms with van der Waals surface area (Å²) < 4.78 is 0. The highest BCUT2D eigenvalue weighted by atomic mass is 16.4. The van der Waals surface area contributed by atoms with Crippen LogP contribution in [-0.2, 0) is 4.79 Å². The number of hydrogen-bond acceptors (Lipinski definition) is 2. The number of hydrogen-bond donors (Lipinski definition) is 2. The quantitative estimate of drug-likeness (QED) is 0.560. The first kappa shape index (κ1) is 7.54. The number of carboxylic acid groups (broad SMARTS) is 1. The molecule has 0 saturated carbocycles. The van der Waals surface area contributed by atoms with Crippen LogP contribution in [0, 0.1) is 5.92 Å². The van der Waals surface area contributed by atoms with Crippen LogP contribution in [0.4, 0.5) is 0 Å². The van der Waals surface area contributed by atoms with E-state index in [9.17, 15) is 4.79 Å². The van der Waals surface area contributed by atoms with Crippen molar-refractivity contribution >= 4 is 5.97 Å². The molecular weight excluding hydrogens is 130 g/mol. The molecule has 10 heavy (non-hydrogen) atoms. The van der Waals surface area contributed by atoms with Crippen LogP contribution in [0.1, 0.15) is 19.8 Å². The maximum absolute atomic E-state index is 10.5. The third-order valence-corrected chi connectivity index (χ3v) is 1.97. The van der Waals surface area contributed by atoms with Crippen LogP contribution < -0.4 is 5.32 Å². The molecule has 0 spiro atoms. The normalized spacial score (nSPS) is 33.7. The van der Waals surface area contributed by atoms with Gasteiger partial charge in [-0.1, -0.05) is 0 Å². The zero-order valence-electron chi connectivity index (χ0n) is 6.13. The number of nitrogens with one attached hydrogen (secondary N) is 1. The summed E-state index contributed by atoms with van der Waals surface area (Å²) in [4.78, 5) is 10.5. The lowest BCUT2D eigenvalue weighted by atomic mass is 9.94. The number of rotatable bonds is 1. The summed E-state index contributed by atoms with van der Waals surface area (Å²) in [5.74, 6) is -0.760. The summed E-state index contributed by atoms with van der Waals surface area (Å²) in [6.45, 7) is 2.87. The van der Waals surface area contributed by atoms with Crippen molar-refractivity contribution in [2.45, 2.75) is 25.8 Å². The van der Waals surface area contributed by atoms with Gasteiger partial charge in [0.15, 0.2) is 0 Å². The summed E-state index contributed by atoms with van der Waals surface area (Å²) in [5, 5.41) is 11.8. The van der Waals surface area contributed by atoms with Crippen LogP contribution in [0.2, 0.25) is 0 Å². The van der Waals surface area contributed by atoms with Crippen LogP contribution in [0.5, 0.6) is 0 Å². The average Bonchev–Trinajstić information content (AvgIpc) is 1.88. The van der Waals surface area contributed by atoms with Crippen molar-refractivity contribution in [1.29, 1.82) is 0 Å². The third kappa shape index (κ3) is 1.70. The van der Waals surface area contributed by atoms with Crippen molar-refractivity contribution < 1.29 is 9.90 Å². The minimum Gasteiger partial charge on any atom is -0.481 e. The topological polar surface area (TPSA) is 49.3 Å². The Morgan fingerprint density at radius 1 is 1.70 bits per heavy atom. The molecule has 0 aromatic heterocycles. The van der Waals surface area contributed by atoms with E-state index in [4.69, 9.17) is 5.11 Å². The highest BCUT2D eigenvalue weighted by Gasteiger charge is 2.23. The maximum Gasteiger partial charge on any atom is 0.306 e. The zero-order chi connectivity index (χ0) is 7.56. The minimum atomic E-state index is -0.645. The molecule has 0 bridgehead atoms. The van der Waals surface area contributed by atoms with Crippen molar-refractivity contribution in [3.63, 3.8) is 0 Å². The average molecular weight is 143 g/mol. The van der Waals surface area contributed by atoms with E-state index in [1.807, 2.05) is 6.92 Å². The fraction of sp³-hybridized carbons (Fsp3) is 0.857. The molecule has 0 unspecified atom stereocenters. The second-order valence-corrected chi connectivity index (χ2v) is 2.91. The van der Waals surface area contributed by atoms with E-state index in [-0.39, 0.29) is 5.92 Å². The van der Waals surface area contributed by atoms with Gasteiger partial charge in [-0.25, -0.2) is 0 Å². The maximum atomic E-state index is 10.5. The van der Waals surface area contributed by atoms with Crippen LogP contribution in [-0.4, -0.2) is 23.7 Å². The van der Waals surface area contributed by atoms with Gasteiger partial charge in [-0.3, -0.25) is 4.79 Å². The van der Waals surface area contributed by atoms with Gasteiger partial charge < -0.3 is 10.4 Å². The Bertz CT molecular complexity index is 136. The molecule has 3 heteroatoms. The number of carbonyl (C=O) groups is 1. The molecule has 1 aliphatic rings. The predicted octanol–water partition coefficient (Wildman–Crippen LogP) is 0.459. The predicted molar refractivity (Wildman–Crippen MR) is 37.8 cm³/mol. The minimum absolute atomic E-state index is 0.115. The second kappa shape index (κ2) is 3.01. The van der Waals surface area contributed by atoms with Gasteiger partial charge in [0.05, 0.1) is 5.92 Å². The van der Waals surface area contributed by atoms with Crippen LogP contribution in [0.3, 0.4) is 0 Å². The van der Waals surface area contributed by atoms with Crippen LogP contribution >= 0.6 is 0 Å². The van der Waals surface area contributed by atoms with E-state index in [2.05, 4.69) is 5.32 Å². The Morgan fingerprint density at radius 2 is 2.40 bits per heavy atom. The zero-order valence-corrected chi connectivity index (χ0v) is 6.13. The molecule has 2 N–H and O–H groups in total. The van der Waals surface area contributed by atoms with Crippen LogP contribution in [0.15, 0.2) is 0 Å². The van der Waals surface area contributed by atoms with Crippen molar-refractivity contribution in [3.05, 3.63) is 0 Å². The molecule has 1 rings (SSSR count). The highest BCUT2D eigenvalue weighted by molar-refractivity contribution is 5.70. The van der Waals surface area contributed by atoms with Crippen molar-refractivity contribution in [2.24, 2.45) is 5.92 Å². The van der Waals surface area contributed by atoms with Gasteiger partial charge in [-0.2, -0.15) is 0 Å². The van der Waals surface area contributed by atoms with Gasteiger partial charge in [0.25, 0.3) is 0 Å². The molecule has 1 heterocycles. The lowest BCUT2D eigenvalue weighted by molar-refractivity contribution is -0.142. The summed E-state index contributed by atoms with van der Waals surface area (Å²) in [6, 6.07) is 0.370. The lowest BCUT2D eigenvalue weighted by Crippen LogP contribution is -2.38. The fourth-order valence-corrected chi connectivity index (χ4v) is 1.36. The summed E-state index contributed by atoms with van der Waals surface area (Å²) in [5.41, 5.74) is 0. The number of aliphatic carboxylic acids is 1. The van der Waals surface area contributed by atoms with Gasteiger partial charge in [-0.15, -0.1) is 0 Å². The Labute approximate surface area is 60.4 Å². The summed E-state index contributed by atoms with van der Waals surface area (Å²) >= 11 is 0. The molecule has 0 aromatic rings. The molecule has 0 radical (unpaired) electrons. The van der Waals surface area contributed by atoms with Crippen molar-refractivity contribution in [2.75, 3.05) is 6.54 Å². The smallest absolute Gasteiger partial charge is 0.306 e. The largest absolute Gasteiger partial charge is 0.481 e. The van der Waals surface area contributed by atoms with Crippen LogP contribution in [0.25, 0.3) is 0 Å². The third-order valence-electron chi connectivity index (χ3n) is 1.97. The molecule has 58 valence electrons. The molecule has 0 aromatic carbocycles. The van der Waals surface area contributed by atoms with E-state index in [0.29, 0.717) is 6.04 Å². The first-order valence-corrected chi connectivity index (χ1v) is 3.66.